The van der Waals surface area contributed by atoms with Crippen molar-refractivity contribution in [2.45, 2.75) is 26.7 Å². The number of halogens is 1. The molecule has 0 amide bonds. The third-order valence-electron chi connectivity index (χ3n) is 6.21. The van der Waals surface area contributed by atoms with Crippen molar-refractivity contribution in [3.63, 3.8) is 0 Å². The number of hydrogen-bond donors (Lipinski definition) is 0. The minimum absolute atomic E-state index is 0.447. The van der Waals surface area contributed by atoms with Gasteiger partial charge in [0.05, 0.1) is 61.0 Å². The summed E-state index contributed by atoms with van der Waals surface area (Å²) in [5, 5.41) is 0.837. The minimum Gasteiger partial charge on any atom is -0.493 e. The van der Waals surface area contributed by atoms with Crippen molar-refractivity contribution in [2.24, 2.45) is 11.8 Å². The molecule has 0 unspecified atom stereocenters. The second-order valence-corrected chi connectivity index (χ2v) is 9.70. The fourth-order valence-electron chi connectivity index (χ4n) is 3.92. The Balaban J connectivity index is 1.75. The standard InChI is InChI=1S/C29H43BrO7/c1-22(18-24-6-8-26(31-3)28(20-24)32-4)23(2)19-25-7-9-27(29(21-25)33-5)37-17-16-36-15-14-35-13-12-34-11-10-30/h6-9,20-23H,10-19H2,1-5H3/t22-,23+/m0/s1. The number of methoxy groups -OCH3 is 3. The first-order valence-electron chi connectivity index (χ1n) is 12.8. The molecule has 2 rings (SSSR count). The van der Waals surface area contributed by atoms with E-state index in [1.54, 1.807) is 21.3 Å². The maximum Gasteiger partial charge on any atom is 0.161 e. The van der Waals surface area contributed by atoms with Crippen LogP contribution in [-0.4, -0.2) is 72.9 Å². The average molecular weight is 584 g/mol. The third-order valence-corrected chi connectivity index (χ3v) is 6.54. The first-order chi connectivity index (χ1) is 18.0. The predicted octanol–water partition coefficient (Wildman–Crippen LogP) is 5.59. The lowest BCUT2D eigenvalue weighted by Crippen LogP contribution is -2.14. The van der Waals surface area contributed by atoms with Gasteiger partial charge in [0, 0.05) is 5.33 Å². The van der Waals surface area contributed by atoms with E-state index in [4.69, 9.17) is 33.2 Å². The largest absolute Gasteiger partial charge is 0.493 e. The Labute approximate surface area is 230 Å². The first-order valence-corrected chi connectivity index (χ1v) is 13.9. The highest BCUT2D eigenvalue weighted by Gasteiger charge is 2.16. The van der Waals surface area contributed by atoms with E-state index in [9.17, 15) is 0 Å². The molecule has 0 heterocycles. The molecule has 2 aromatic rings. The lowest BCUT2D eigenvalue weighted by atomic mass is 9.85. The normalized spacial score (nSPS) is 12.7. The Kier molecular flexibility index (Phi) is 15.4. The van der Waals surface area contributed by atoms with Crippen LogP contribution in [0.15, 0.2) is 36.4 Å². The molecule has 7 nitrogen and oxygen atoms in total. The first kappa shape index (κ1) is 31.2. The maximum atomic E-state index is 5.89. The molecule has 0 radical (unpaired) electrons. The van der Waals surface area contributed by atoms with Crippen LogP contribution < -0.4 is 18.9 Å². The summed E-state index contributed by atoms with van der Waals surface area (Å²) in [5.74, 6) is 3.96. The van der Waals surface area contributed by atoms with Gasteiger partial charge in [-0.15, -0.1) is 0 Å². The maximum absolute atomic E-state index is 5.89. The van der Waals surface area contributed by atoms with Crippen molar-refractivity contribution >= 4 is 15.9 Å². The Morgan fingerprint density at radius 3 is 1.49 bits per heavy atom. The van der Waals surface area contributed by atoms with Gasteiger partial charge in [0.25, 0.3) is 0 Å². The van der Waals surface area contributed by atoms with Crippen molar-refractivity contribution in [3.05, 3.63) is 47.5 Å². The molecular formula is C29H43BrO7. The third kappa shape index (κ3) is 11.5. The van der Waals surface area contributed by atoms with E-state index in [0.29, 0.717) is 58.1 Å². The van der Waals surface area contributed by atoms with Crippen LogP contribution in [0.2, 0.25) is 0 Å². The van der Waals surface area contributed by atoms with E-state index in [0.717, 1.165) is 41.2 Å². The van der Waals surface area contributed by atoms with Crippen LogP contribution >= 0.6 is 15.9 Å². The molecule has 0 fully saturated rings. The number of hydrogen-bond acceptors (Lipinski definition) is 7. The summed E-state index contributed by atoms with van der Waals surface area (Å²) in [4.78, 5) is 0. The van der Waals surface area contributed by atoms with Gasteiger partial charge in [-0.1, -0.05) is 41.9 Å². The van der Waals surface area contributed by atoms with Crippen molar-refractivity contribution in [1.82, 2.24) is 0 Å². The number of rotatable bonds is 20. The van der Waals surface area contributed by atoms with Gasteiger partial charge in [-0.3, -0.25) is 0 Å². The van der Waals surface area contributed by atoms with Gasteiger partial charge in [0.1, 0.15) is 6.61 Å². The van der Waals surface area contributed by atoms with Crippen LogP contribution in [0.1, 0.15) is 25.0 Å². The zero-order chi connectivity index (χ0) is 26.9. The molecule has 0 aliphatic carbocycles. The van der Waals surface area contributed by atoms with E-state index in [2.05, 4.69) is 54.0 Å². The van der Waals surface area contributed by atoms with E-state index in [1.165, 1.54) is 11.1 Å². The molecule has 0 bridgehead atoms. The Hall–Kier alpha value is -2.00. The molecule has 0 aliphatic heterocycles. The quantitative estimate of drug-likeness (QED) is 0.149. The second kappa shape index (κ2) is 18.3. The second-order valence-electron chi connectivity index (χ2n) is 8.91. The predicted molar refractivity (Wildman–Crippen MR) is 150 cm³/mol. The topological polar surface area (TPSA) is 64.6 Å². The van der Waals surface area contributed by atoms with E-state index in [1.807, 2.05) is 12.1 Å². The zero-order valence-electron chi connectivity index (χ0n) is 22.9. The summed E-state index contributed by atoms with van der Waals surface area (Å²) < 4.78 is 38.7. The smallest absolute Gasteiger partial charge is 0.161 e. The van der Waals surface area contributed by atoms with Gasteiger partial charge >= 0.3 is 0 Å². The van der Waals surface area contributed by atoms with Gasteiger partial charge in [-0.05, 0) is 60.1 Å². The summed E-state index contributed by atoms with van der Waals surface area (Å²) in [6.07, 6.45) is 1.92. The summed E-state index contributed by atoms with van der Waals surface area (Å²) in [6.45, 7) is 8.45. The summed E-state index contributed by atoms with van der Waals surface area (Å²) >= 11 is 3.32. The molecule has 0 aliphatic rings. The van der Waals surface area contributed by atoms with Crippen LogP contribution in [0.25, 0.3) is 0 Å². The molecule has 208 valence electrons. The summed E-state index contributed by atoms with van der Waals surface area (Å²) in [7, 11) is 5.00. The highest BCUT2D eigenvalue weighted by molar-refractivity contribution is 9.09. The molecule has 37 heavy (non-hydrogen) atoms. The van der Waals surface area contributed by atoms with Gasteiger partial charge in [-0.25, -0.2) is 0 Å². The monoisotopic (exact) mass is 582 g/mol. The average Bonchev–Trinajstić information content (AvgIpc) is 2.92. The Bertz CT molecular complexity index is 893. The van der Waals surface area contributed by atoms with E-state index in [-0.39, 0.29) is 0 Å². The fourth-order valence-corrected chi connectivity index (χ4v) is 4.15. The van der Waals surface area contributed by atoms with Crippen LogP contribution in [0.5, 0.6) is 23.0 Å². The number of alkyl halides is 1. The van der Waals surface area contributed by atoms with Gasteiger partial charge in [0.2, 0.25) is 0 Å². The van der Waals surface area contributed by atoms with Gasteiger partial charge in [0.15, 0.2) is 23.0 Å². The molecule has 2 aromatic carbocycles. The fraction of sp³-hybridized carbons (Fsp3) is 0.586. The summed E-state index contributed by atoms with van der Waals surface area (Å²) in [5.41, 5.74) is 2.47. The molecule has 0 saturated heterocycles. The molecular weight excluding hydrogens is 540 g/mol. The molecule has 0 saturated carbocycles. The van der Waals surface area contributed by atoms with Crippen molar-refractivity contribution < 1.29 is 33.2 Å². The lowest BCUT2D eigenvalue weighted by molar-refractivity contribution is 0.0117. The summed E-state index contributed by atoms with van der Waals surface area (Å²) in [6, 6.07) is 12.3. The van der Waals surface area contributed by atoms with Crippen LogP contribution in [-0.2, 0) is 27.1 Å². The molecule has 0 N–H and O–H groups in total. The number of ether oxygens (including phenoxy) is 7. The lowest BCUT2D eigenvalue weighted by Gasteiger charge is -2.21. The van der Waals surface area contributed by atoms with Crippen molar-refractivity contribution in [3.8, 4) is 23.0 Å². The number of benzene rings is 2. The Morgan fingerprint density at radius 1 is 0.568 bits per heavy atom. The van der Waals surface area contributed by atoms with E-state index < -0.39 is 0 Å². The van der Waals surface area contributed by atoms with Gasteiger partial charge < -0.3 is 33.2 Å². The molecule has 0 spiro atoms. The van der Waals surface area contributed by atoms with Crippen molar-refractivity contribution in [1.29, 1.82) is 0 Å². The van der Waals surface area contributed by atoms with Crippen LogP contribution in [0.4, 0.5) is 0 Å². The van der Waals surface area contributed by atoms with Crippen LogP contribution in [0.3, 0.4) is 0 Å². The molecule has 0 aromatic heterocycles. The van der Waals surface area contributed by atoms with Crippen LogP contribution in [0, 0.1) is 11.8 Å². The van der Waals surface area contributed by atoms with Gasteiger partial charge in [-0.2, -0.15) is 0 Å². The zero-order valence-corrected chi connectivity index (χ0v) is 24.5. The minimum atomic E-state index is 0.447. The highest BCUT2D eigenvalue weighted by atomic mass is 79.9. The Morgan fingerprint density at radius 2 is 1.00 bits per heavy atom. The molecule has 2 atom stereocenters. The van der Waals surface area contributed by atoms with E-state index >= 15 is 0 Å². The SMILES string of the molecule is COc1ccc(C[C@H](C)[C@H](C)Cc2ccc(OCCOCCOCCOCCBr)c(OC)c2)cc1OC. The molecule has 8 heteroatoms. The highest BCUT2D eigenvalue weighted by Crippen LogP contribution is 2.32. The van der Waals surface area contributed by atoms with Crippen molar-refractivity contribution in [2.75, 3.05) is 72.9 Å².